The van der Waals surface area contributed by atoms with Crippen LogP contribution in [0.25, 0.3) is 0 Å². The first-order valence-corrected chi connectivity index (χ1v) is 9.69. The van der Waals surface area contributed by atoms with Crippen LogP contribution in [0.1, 0.15) is 51.9 Å². The molecule has 4 heteroatoms. The van der Waals surface area contributed by atoms with Crippen LogP contribution in [0.2, 0.25) is 0 Å². The zero-order valence-electron chi connectivity index (χ0n) is 15.6. The molecule has 2 rings (SSSR count). The third-order valence-corrected chi connectivity index (χ3v) is 6.74. The van der Waals surface area contributed by atoms with E-state index < -0.39 is 10.0 Å². The Hall–Kier alpha value is -1.65. The summed E-state index contributed by atoms with van der Waals surface area (Å²) in [6.07, 6.45) is 0. The number of rotatable bonds is 4. The molecule has 0 aliphatic heterocycles. The van der Waals surface area contributed by atoms with Gasteiger partial charge >= 0.3 is 0 Å². The van der Waals surface area contributed by atoms with Crippen LogP contribution >= 0.6 is 0 Å². The summed E-state index contributed by atoms with van der Waals surface area (Å²) < 4.78 is 28.8. The Bertz CT molecular complexity index is 857. The van der Waals surface area contributed by atoms with Gasteiger partial charge in [0.25, 0.3) is 0 Å². The third-order valence-electron chi connectivity index (χ3n) is 4.93. The summed E-state index contributed by atoms with van der Waals surface area (Å²) >= 11 is 0. The normalized spacial score (nSPS) is 13.1. The molecule has 0 saturated heterocycles. The standard InChI is InChI=1S/C20H27NO2S/c1-12-8-9-19(11-13(12)2)18(7)21-24(22,23)20-16(5)14(3)10-15(4)17(20)6/h8-11,18,21H,1-7H3. The highest BCUT2D eigenvalue weighted by Gasteiger charge is 2.24. The molecule has 0 aliphatic rings. The molecular weight excluding hydrogens is 318 g/mol. The summed E-state index contributed by atoms with van der Waals surface area (Å²) in [5.74, 6) is 0. The van der Waals surface area contributed by atoms with Gasteiger partial charge < -0.3 is 0 Å². The Morgan fingerprint density at radius 1 is 0.792 bits per heavy atom. The van der Waals surface area contributed by atoms with Crippen molar-refractivity contribution in [1.29, 1.82) is 0 Å². The van der Waals surface area contributed by atoms with Crippen LogP contribution < -0.4 is 4.72 Å². The minimum absolute atomic E-state index is 0.283. The first-order valence-electron chi connectivity index (χ1n) is 8.21. The average molecular weight is 346 g/mol. The van der Waals surface area contributed by atoms with Gasteiger partial charge in [-0.05, 0) is 87.4 Å². The summed E-state index contributed by atoms with van der Waals surface area (Å²) in [6, 6.07) is 7.81. The van der Waals surface area contributed by atoms with E-state index in [2.05, 4.69) is 11.6 Å². The largest absolute Gasteiger partial charge is 0.241 e. The molecule has 2 aromatic rings. The van der Waals surface area contributed by atoms with Gasteiger partial charge in [-0.15, -0.1) is 0 Å². The second-order valence-corrected chi connectivity index (χ2v) is 8.43. The molecule has 0 radical (unpaired) electrons. The van der Waals surface area contributed by atoms with E-state index in [0.717, 1.165) is 33.4 Å². The molecule has 0 spiro atoms. The van der Waals surface area contributed by atoms with Crippen molar-refractivity contribution in [1.82, 2.24) is 4.72 Å². The monoisotopic (exact) mass is 345 g/mol. The molecule has 24 heavy (non-hydrogen) atoms. The SMILES string of the molecule is Cc1ccc(C(C)NS(=O)(=O)c2c(C)c(C)cc(C)c2C)cc1C. The van der Waals surface area contributed by atoms with E-state index in [1.54, 1.807) is 0 Å². The average Bonchev–Trinajstić information content (AvgIpc) is 2.47. The third kappa shape index (κ3) is 3.55. The highest BCUT2D eigenvalue weighted by molar-refractivity contribution is 7.89. The number of benzene rings is 2. The lowest BCUT2D eigenvalue weighted by molar-refractivity contribution is 0.565. The molecule has 0 heterocycles. The van der Waals surface area contributed by atoms with Crippen LogP contribution in [0, 0.1) is 41.5 Å². The topological polar surface area (TPSA) is 46.2 Å². The van der Waals surface area contributed by atoms with Gasteiger partial charge in [-0.1, -0.05) is 24.3 Å². The maximum absolute atomic E-state index is 13.0. The van der Waals surface area contributed by atoms with Gasteiger partial charge in [0.05, 0.1) is 4.90 Å². The van der Waals surface area contributed by atoms with E-state index in [9.17, 15) is 8.42 Å². The summed E-state index contributed by atoms with van der Waals surface area (Å²) in [7, 11) is -3.59. The van der Waals surface area contributed by atoms with Crippen molar-refractivity contribution in [3.8, 4) is 0 Å². The number of nitrogens with one attached hydrogen (secondary N) is 1. The fourth-order valence-electron chi connectivity index (χ4n) is 2.98. The fourth-order valence-corrected chi connectivity index (χ4v) is 4.82. The van der Waals surface area contributed by atoms with Crippen molar-refractivity contribution >= 4 is 10.0 Å². The predicted octanol–water partition coefficient (Wildman–Crippen LogP) is 4.58. The Morgan fingerprint density at radius 2 is 1.33 bits per heavy atom. The van der Waals surface area contributed by atoms with Crippen molar-refractivity contribution in [2.24, 2.45) is 0 Å². The molecule has 0 bridgehead atoms. The zero-order valence-corrected chi connectivity index (χ0v) is 16.4. The van der Waals surface area contributed by atoms with Gasteiger partial charge in [-0.2, -0.15) is 0 Å². The lowest BCUT2D eigenvalue weighted by Gasteiger charge is -2.20. The van der Waals surface area contributed by atoms with Gasteiger partial charge in [-0.25, -0.2) is 13.1 Å². The van der Waals surface area contributed by atoms with Crippen LogP contribution in [0.15, 0.2) is 29.2 Å². The van der Waals surface area contributed by atoms with Crippen molar-refractivity contribution in [2.45, 2.75) is 59.4 Å². The quantitative estimate of drug-likeness (QED) is 0.882. The van der Waals surface area contributed by atoms with Gasteiger partial charge in [-0.3, -0.25) is 0 Å². The lowest BCUT2D eigenvalue weighted by atomic mass is 10.0. The van der Waals surface area contributed by atoms with Crippen molar-refractivity contribution in [3.05, 3.63) is 63.2 Å². The van der Waals surface area contributed by atoms with Crippen LogP contribution in [0.5, 0.6) is 0 Å². The molecule has 0 aromatic heterocycles. The molecule has 2 aromatic carbocycles. The minimum atomic E-state index is -3.59. The number of hydrogen-bond donors (Lipinski definition) is 1. The highest BCUT2D eigenvalue weighted by atomic mass is 32.2. The van der Waals surface area contributed by atoms with E-state index in [1.807, 2.05) is 65.8 Å². The summed E-state index contributed by atoms with van der Waals surface area (Å²) in [5, 5.41) is 0. The second kappa shape index (κ2) is 6.69. The zero-order chi connectivity index (χ0) is 18.2. The summed E-state index contributed by atoms with van der Waals surface area (Å²) in [6.45, 7) is 13.6. The Labute approximate surface area is 146 Å². The molecule has 0 saturated carbocycles. The van der Waals surface area contributed by atoms with E-state index >= 15 is 0 Å². The second-order valence-electron chi connectivity index (χ2n) is 6.78. The predicted molar refractivity (Wildman–Crippen MR) is 100 cm³/mol. The first-order chi connectivity index (χ1) is 11.0. The Kier molecular flexibility index (Phi) is 5.21. The summed E-state index contributed by atoms with van der Waals surface area (Å²) in [5.41, 5.74) is 6.97. The Morgan fingerprint density at radius 3 is 1.83 bits per heavy atom. The molecule has 0 amide bonds. The van der Waals surface area contributed by atoms with E-state index in [1.165, 1.54) is 5.56 Å². The van der Waals surface area contributed by atoms with Crippen molar-refractivity contribution < 1.29 is 8.42 Å². The van der Waals surface area contributed by atoms with Crippen molar-refractivity contribution in [2.75, 3.05) is 0 Å². The number of aryl methyl sites for hydroxylation is 4. The molecule has 1 atom stereocenters. The first kappa shape index (κ1) is 18.7. The molecule has 130 valence electrons. The molecule has 0 aliphatic carbocycles. The van der Waals surface area contributed by atoms with Crippen LogP contribution in [0.4, 0.5) is 0 Å². The highest BCUT2D eigenvalue weighted by Crippen LogP contribution is 2.27. The molecule has 1 N–H and O–H groups in total. The van der Waals surface area contributed by atoms with Gasteiger partial charge in [0.1, 0.15) is 0 Å². The maximum atomic E-state index is 13.0. The molecule has 3 nitrogen and oxygen atoms in total. The van der Waals surface area contributed by atoms with E-state index in [-0.39, 0.29) is 6.04 Å². The number of sulfonamides is 1. The molecule has 1 unspecified atom stereocenters. The maximum Gasteiger partial charge on any atom is 0.241 e. The van der Waals surface area contributed by atoms with Crippen LogP contribution in [-0.2, 0) is 10.0 Å². The smallest absolute Gasteiger partial charge is 0.207 e. The molecular formula is C20H27NO2S. The van der Waals surface area contributed by atoms with E-state index in [4.69, 9.17) is 0 Å². The van der Waals surface area contributed by atoms with E-state index in [0.29, 0.717) is 4.90 Å². The Balaban J connectivity index is 2.44. The van der Waals surface area contributed by atoms with Crippen LogP contribution in [-0.4, -0.2) is 8.42 Å². The lowest BCUT2D eigenvalue weighted by Crippen LogP contribution is -2.28. The van der Waals surface area contributed by atoms with Gasteiger partial charge in [0.2, 0.25) is 10.0 Å². The fraction of sp³-hybridized carbons (Fsp3) is 0.400. The van der Waals surface area contributed by atoms with Gasteiger partial charge in [0.15, 0.2) is 0 Å². The van der Waals surface area contributed by atoms with Gasteiger partial charge in [0, 0.05) is 6.04 Å². The number of hydrogen-bond acceptors (Lipinski definition) is 2. The molecule has 0 fully saturated rings. The minimum Gasteiger partial charge on any atom is -0.207 e. The summed E-state index contributed by atoms with van der Waals surface area (Å²) in [4.78, 5) is 0.413. The van der Waals surface area contributed by atoms with Crippen LogP contribution in [0.3, 0.4) is 0 Å². The van der Waals surface area contributed by atoms with Crippen molar-refractivity contribution in [3.63, 3.8) is 0 Å².